The second-order valence-corrected chi connectivity index (χ2v) is 18.0. The van der Waals surface area contributed by atoms with Gasteiger partial charge in [0.25, 0.3) is 0 Å². The Morgan fingerprint density at radius 1 is 0.409 bits per heavy atom. The number of nitrogens with two attached hydrogens (primary N) is 4. The third-order valence-electron chi connectivity index (χ3n) is 13.8. The first-order valence-electron chi connectivity index (χ1n) is 23.4. The number of nitrogen functional groups attached to an aromatic ring is 4. The summed E-state index contributed by atoms with van der Waals surface area (Å²) in [7, 11) is 0. The van der Waals surface area contributed by atoms with Gasteiger partial charge in [-0.05, 0) is 112 Å². The molecule has 0 bridgehead atoms. The molecule has 6 aromatic carbocycles. The van der Waals surface area contributed by atoms with E-state index in [2.05, 4.69) is 171 Å². The fourth-order valence-corrected chi connectivity index (χ4v) is 9.05. The summed E-state index contributed by atoms with van der Waals surface area (Å²) in [5, 5.41) is 14.7. The number of benzene rings is 6. The van der Waals surface area contributed by atoms with Crippen molar-refractivity contribution in [3.05, 3.63) is 133 Å². The van der Waals surface area contributed by atoms with Crippen LogP contribution in [0.2, 0.25) is 0 Å². The summed E-state index contributed by atoms with van der Waals surface area (Å²) < 4.78 is 4.86. The van der Waals surface area contributed by atoms with Gasteiger partial charge < -0.3 is 81.5 Å². The molecule has 0 radical (unpaired) electrons. The van der Waals surface area contributed by atoms with Gasteiger partial charge in [-0.15, -0.1) is 0 Å². The van der Waals surface area contributed by atoms with E-state index in [9.17, 15) is 0 Å². The molecule has 0 fully saturated rings. The van der Waals surface area contributed by atoms with Gasteiger partial charge in [0.05, 0.1) is 21.5 Å². The van der Waals surface area contributed by atoms with Crippen molar-refractivity contribution in [2.24, 2.45) is 0 Å². The third kappa shape index (κ3) is 11.7. The minimum absolute atomic E-state index is 0. The van der Waals surface area contributed by atoms with Crippen LogP contribution in [0.5, 0.6) is 0 Å². The number of nitrogens with zero attached hydrogens (tertiary/aromatic N) is 2. The molecule has 0 amide bonds. The monoisotopic (exact) mass is 1110 g/mol. The van der Waals surface area contributed by atoms with E-state index in [0.717, 1.165) is 98.5 Å². The number of anilines is 4. The highest BCUT2D eigenvalue weighted by Crippen LogP contribution is 2.35. The number of fused-ring (bicyclic) bond motifs is 6. The first-order chi connectivity index (χ1) is 30.9. The molecule has 0 atom stereocenters. The van der Waals surface area contributed by atoms with Crippen LogP contribution in [0.1, 0.15) is 80.1 Å². The second kappa shape index (κ2) is 23.3. The molecular weight excluding hydrogens is 1040 g/mol. The van der Waals surface area contributed by atoms with Crippen LogP contribution < -0.4 is 90.7 Å². The Labute approximate surface area is 427 Å². The molecule has 0 saturated heterocycles. The zero-order valence-corrected chi connectivity index (χ0v) is 44.0. The maximum absolute atomic E-state index is 6.25. The second-order valence-electron chi connectivity index (χ2n) is 18.0. The highest BCUT2D eigenvalue weighted by molar-refractivity contribution is 6.11. The lowest BCUT2D eigenvalue weighted by atomic mass is 9.95. The zero-order valence-electron chi connectivity index (χ0n) is 39.7. The lowest BCUT2D eigenvalue weighted by Crippen LogP contribution is -3.00. The predicted molar refractivity (Wildman–Crippen MR) is 275 cm³/mol. The van der Waals surface area contributed by atoms with Crippen LogP contribution in [-0.2, 0) is 13.1 Å². The molecule has 10 N–H and O–H groups in total. The van der Waals surface area contributed by atoms with E-state index in [1.165, 1.54) is 54.8 Å². The van der Waals surface area contributed by atoms with Gasteiger partial charge in [-0.2, -0.15) is 9.13 Å². The molecule has 8 nitrogen and oxygen atoms in total. The van der Waals surface area contributed by atoms with E-state index < -0.39 is 0 Å². The Hall–Kier alpha value is -4.76. The summed E-state index contributed by atoms with van der Waals surface area (Å²) in [6.07, 6.45) is 6.55. The van der Waals surface area contributed by atoms with E-state index in [0.29, 0.717) is 0 Å². The van der Waals surface area contributed by atoms with Gasteiger partial charge >= 0.3 is 0 Å². The average Bonchev–Trinajstić information content (AvgIpc) is 3.32. The molecule has 348 valence electrons. The molecule has 0 aliphatic carbocycles. The molecule has 8 rings (SSSR count). The average molecular weight is 1110 g/mol. The Kier molecular flexibility index (Phi) is 18.4. The molecular formula is C56H70I2N8. The van der Waals surface area contributed by atoms with Crippen molar-refractivity contribution >= 4 is 66.1 Å². The molecule has 0 spiro atoms. The quantitative estimate of drug-likeness (QED) is 0.0254. The van der Waals surface area contributed by atoms with Gasteiger partial charge in [0.2, 0.25) is 22.4 Å². The van der Waals surface area contributed by atoms with Gasteiger partial charge in [0.1, 0.15) is 0 Å². The Balaban J connectivity index is 0.000000240. The number of aromatic nitrogens is 2. The van der Waals surface area contributed by atoms with Gasteiger partial charge in [0.15, 0.2) is 13.1 Å². The van der Waals surface area contributed by atoms with E-state index in [-0.39, 0.29) is 59.0 Å². The lowest BCUT2D eigenvalue weighted by molar-refractivity contribution is -0.659. The Bertz CT molecular complexity index is 2660. The molecule has 0 unspecified atom stereocenters. The minimum Gasteiger partial charge on any atom is -1.00 e. The van der Waals surface area contributed by atoms with Crippen LogP contribution in [0.4, 0.5) is 22.7 Å². The minimum atomic E-state index is 0. The van der Waals surface area contributed by atoms with Gasteiger partial charge in [0, 0.05) is 93.8 Å². The van der Waals surface area contributed by atoms with Crippen molar-refractivity contribution in [3.63, 3.8) is 0 Å². The molecule has 2 aromatic heterocycles. The van der Waals surface area contributed by atoms with Crippen molar-refractivity contribution in [1.82, 2.24) is 10.6 Å². The number of nitrogens with one attached hydrogen (secondary N) is 2. The number of hydrogen-bond donors (Lipinski definition) is 6. The van der Waals surface area contributed by atoms with E-state index in [1.807, 2.05) is 24.3 Å². The van der Waals surface area contributed by atoms with Crippen LogP contribution >= 0.6 is 0 Å². The van der Waals surface area contributed by atoms with Crippen LogP contribution in [-0.4, -0.2) is 24.2 Å². The van der Waals surface area contributed by atoms with Crippen molar-refractivity contribution in [3.8, 4) is 22.5 Å². The number of halogens is 2. The summed E-state index contributed by atoms with van der Waals surface area (Å²) in [5.74, 6) is 0. The molecule has 66 heavy (non-hydrogen) atoms. The van der Waals surface area contributed by atoms with Crippen LogP contribution in [0.3, 0.4) is 0 Å². The van der Waals surface area contributed by atoms with Crippen LogP contribution in [0, 0.1) is 0 Å². The molecule has 2 heterocycles. The SMILES string of the molecule is CCC(C)(CC)NCCC[n+]1c(-c2ccccc2)c2cc(N)ccc2c2ccc(N)cc21.CCC(C)(CC)NCCC[n+]1c(-c2ccccc2)c2cc(N)ccc2c2ccc(N)cc21.[I-].[I-]. The topological polar surface area (TPSA) is 136 Å². The van der Waals surface area contributed by atoms with E-state index in [1.54, 1.807) is 0 Å². The van der Waals surface area contributed by atoms with Crippen LogP contribution in [0.15, 0.2) is 133 Å². The highest BCUT2D eigenvalue weighted by Gasteiger charge is 2.26. The Morgan fingerprint density at radius 2 is 0.727 bits per heavy atom. The summed E-state index contributed by atoms with van der Waals surface area (Å²) in [4.78, 5) is 0. The van der Waals surface area contributed by atoms with Gasteiger partial charge in [-0.25, -0.2) is 0 Å². The number of hydrogen-bond acceptors (Lipinski definition) is 6. The van der Waals surface area contributed by atoms with Crippen LogP contribution in [0.25, 0.3) is 65.9 Å². The Morgan fingerprint density at radius 3 is 1.06 bits per heavy atom. The number of rotatable bonds is 16. The molecule has 0 aliphatic rings. The maximum atomic E-state index is 6.25. The summed E-state index contributed by atoms with van der Waals surface area (Å²) >= 11 is 0. The smallest absolute Gasteiger partial charge is 0.220 e. The number of pyridine rings is 2. The third-order valence-corrected chi connectivity index (χ3v) is 13.8. The van der Waals surface area contributed by atoms with Crippen molar-refractivity contribution in [1.29, 1.82) is 0 Å². The zero-order chi connectivity index (χ0) is 45.4. The predicted octanol–water partition coefficient (Wildman–Crippen LogP) is 5.35. The largest absolute Gasteiger partial charge is 1.00 e. The molecule has 8 aromatic rings. The maximum Gasteiger partial charge on any atom is 0.220 e. The molecule has 10 heteroatoms. The van der Waals surface area contributed by atoms with Crippen molar-refractivity contribution in [2.75, 3.05) is 36.0 Å². The molecule has 0 saturated carbocycles. The van der Waals surface area contributed by atoms with Crippen molar-refractivity contribution < 1.29 is 57.1 Å². The summed E-state index contributed by atoms with van der Waals surface area (Å²) in [6, 6.07) is 46.1. The fraction of sp³-hybridized carbons (Fsp3) is 0.321. The normalized spacial score (nSPS) is 11.6. The highest BCUT2D eigenvalue weighted by atomic mass is 127. The fourth-order valence-electron chi connectivity index (χ4n) is 9.05. The van der Waals surface area contributed by atoms with E-state index in [4.69, 9.17) is 22.9 Å². The number of aryl methyl sites for hydroxylation is 2. The lowest BCUT2D eigenvalue weighted by Gasteiger charge is -2.28. The first-order valence-corrected chi connectivity index (χ1v) is 23.4. The summed E-state index contributed by atoms with van der Waals surface area (Å²) in [5.41, 5.74) is 35.6. The standard InChI is InChI=1S/2C28H34N4.2HI/c2*1-4-28(3,5-2)31-16-9-17-32-26-19-22(30)13-15-24(26)23-14-12-21(29)18-25(23)27(32)20-10-7-6-8-11-20;;/h2*6-8,10-15,18-19,30-31H,4-5,9,16-17,29H2,1-3H3;2*1H. The molecule has 0 aliphatic heterocycles. The van der Waals surface area contributed by atoms with Crippen molar-refractivity contribution in [2.45, 2.75) is 104 Å². The van der Waals surface area contributed by atoms with Gasteiger partial charge in [-0.3, -0.25) is 0 Å². The first kappa shape index (κ1) is 52.2. The van der Waals surface area contributed by atoms with E-state index >= 15 is 0 Å². The van der Waals surface area contributed by atoms with Gasteiger partial charge in [-0.1, -0.05) is 76.2 Å². The summed E-state index contributed by atoms with van der Waals surface area (Å²) in [6.45, 7) is 17.4.